The number of para-hydroxylation sites is 2. The number of thiophene rings is 1. The molecule has 102 valence electrons. The first-order valence-electron chi connectivity index (χ1n) is 6.54. The normalized spacial score (nSPS) is 11.3. The molecule has 1 aromatic carbocycles. The van der Waals surface area contributed by atoms with Crippen molar-refractivity contribution in [3.05, 3.63) is 48.3 Å². The predicted molar refractivity (Wildman–Crippen MR) is 84.6 cm³/mol. The van der Waals surface area contributed by atoms with Gasteiger partial charge >= 0.3 is 0 Å². The van der Waals surface area contributed by atoms with Crippen LogP contribution in [0.25, 0.3) is 31.8 Å². The summed E-state index contributed by atoms with van der Waals surface area (Å²) >= 11 is 1.44. The number of benzene rings is 1. The Bertz CT molecular complexity index is 978. The SMILES string of the molecule is Cc1nc2ccccc2nc1-c1sc2ncccc2c1O. The second-order valence-corrected chi connectivity index (χ2v) is 5.78. The molecule has 3 heterocycles. The van der Waals surface area contributed by atoms with Crippen molar-refractivity contribution >= 4 is 32.6 Å². The summed E-state index contributed by atoms with van der Waals surface area (Å²) in [7, 11) is 0. The molecule has 21 heavy (non-hydrogen) atoms. The van der Waals surface area contributed by atoms with Gasteiger partial charge in [0.2, 0.25) is 0 Å². The Morgan fingerprint density at radius 3 is 2.52 bits per heavy atom. The number of pyridine rings is 1. The van der Waals surface area contributed by atoms with Gasteiger partial charge in [0, 0.05) is 6.20 Å². The number of aryl methyl sites for hydroxylation is 1. The van der Waals surface area contributed by atoms with E-state index in [4.69, 9.17) is 0 Å². The van der Waals surface area contributed by atoms with Gasteiger partial charge in [-0.05, 0) is 31.2 Å². The minimum Gasteiger partial charge on any atom is -0.506 e. The van der Waals surface area contributed by atoms with Gasteiger partial charge in [-0.25, -0.2) is 15.0 Å². The summed E-state index contributed by atoms with van der Waals surface area (Å²) < 4.78 is 0. The lowest BCUT2D eigenvalue weighted by Gasteiger charge is -2.05. The molecule has 4 aromatic rings. The standard InChI is InChI=1S/C16H11N3OS/c1-9-13(19-12-7-3-2-6-11(12)18-9)15-14(20)10-5-4-8-17-16(10)21-15/h2-8,20H,1H3. The van der Waals surface area contributed by atoms with Gasteiger partial charge in [0.05, 0.1) is 27.0 Å². The number of hydrogen-bond donors (Lipinski definition) is 1. The maximum absolute atomic E-state index is 10.4. The summed E-state index contributed by atoms with van der Waals surface area (Å²) in [6.07, 6.45) is 1.72. The Morgan fingerprint density at radius 1 is 1.00 bits per heavy atom. The van der Waals surface area contributed by atoms with Crippen LogP contribution in [0.2, 0.25) is 0 Å². The monoisotopic (exact) mass is 293 g/mol. The van der Waals surface area contributed by atoms with E-state index in [2.05, 4.69) is 15.0 Å². The molecule has 0 saturated carbocycles. The van der Waals surface area contributed by atoms with E-state index in [0.717, 1.165) is 31.8 Å². The van der Waals surface area contributed by atoms with E-state index in [-0.39, 0.29) is 5.75 Å². The summed E-state index contributed by atoms with van der Waals surface area (Å²) in [5.74, 6) is 0.232. The highest BCUT2D eigenvalue weighted by atomic mass is 32.1. The molecule has 1 N–H and O–H groups in total. The molecule has 0 saturated heterocycles. The molecule has 0 radical (unpaired) electrons. The number of rotatable bonds is 1. The molecule has 3 aromatic heterocycles. The van der Waals surface area contributed by atoms with Crippen LogP contribution < -0.4 is 0 Å². The summed E-state index contributed by atoms with van der Waals surface area (Å²) in [5, 5.41) is 11.2. The number of aromatic hydroxyl groups is 1. The van der Waals surface area contributed by atoms with Crippen molar-refractivity contribution in [2.24, 2.45) is 0 Å². The van der Waals surface area contributed by atoms with Crippen molar-refractivity contribution in [3.8, 4) is 16.3 Å². The van der Waals surface area contributed by atoms with E-state index in [9.17, 15) is 5.11 Å². The lowest BCUT2D eigenvalue weighted by molar-refractivity contribution is 0.485. The largest absolute Gasteiger partial charge is 0.506 e. The Hall–Kier alpha value is -2.53. The van der Waals surface area contributed by atoms with Crippen LogP contribution in [0.3, 0.4) is 0 Å². The number of hydrogen-bond acceptors (Lipinski definition) is 5. The molecular weight excluding hydrogens is 282 g/mol. The summed E-state index contributed by atoms with van der Waals surface area (Å²) in [5.41, 5.74) is 3.20. The lowest BCUT2D eigenvalue weighted by Crippen LogP contribution is -1.92. The third-order valence-corrected chi connectivity index (χ3v) is 4.51. The third-order valence-electron chi connectivity index (χ3n) is 3.40. The second kappa shape index (κ2) is 4.49. The zero-order valence-electron chi connectivity index (χ0n) is 11.2. The first-order valence-corrected chi connectivity index (χ1v) is 7.36. The Labute approximate surface area is 124 Å². The summed E-state index contributed by atoms with van der Waals surface area (Å²) in [4.78, 5) is 15.1. The van der Waals surface area contributed by atoms with Gasteiger partial charge in [0.1, 0.15) is 16.3 Å². The van der Waals surface area contributed by atoms with Gasteiger partial charge in [-0.3, -0.25) is 0 Å². The van der Waals surface area contributed by atoms with E-state index in [1.807, 2.05) is 43.3 Å². The minimum atomic E-state index is 0.232. The van der Waals surface area contributed by atoms with E-state index in [0.29, 0.717) is 5.69 Å². The molecule has 0 unspecified atom stereocenters. The first-order chi connectivity index (χ1) is 10.2. The number of fused-ring (bicyclic) bond motifs is 2. The van der Waals surface area contributed by atoms with Crippen LogP contribution in [-0.2, 0) is 0 Å². The molecule has 5 heteroatoms. The summed E-state index contributed by atoms with van der Waals surface area (Å²) in [6, 6.07) is 11.4. The maximum Gasteiger partial charge on any atom is 0.145 e. The van der Waals surface area contributed by atoms with E-state index < -0.39 is 0 Å². The smallest absolute Gasteiger partial charge is 0.145 e. The first kappa shape index (κ1) is 12.2. The molecule has 4 nitrogen and oxygen atoms in total. The number of aromatic nitrogens is 3. The van der Waals surface area contributed by atoms with Crippen molar-refractivity contribution < 1.29 is 5.11 Å². The van der Waals surface area contributed by atoms with E-state index in [1.165, 1.54) is 11.3 Å². The highest BCUT2D eigenvalue weighted by Crippen LogP contribution is 2.42. The quantitative estimate of drug-likeness (QED) is 0.578. The Kier molecular flexibility index (Phi) is 2.62. The van der Waals surface area contributed by atoms with Gasteiger partial charge in [-0.15, -0.1) is 11.3 Å². The third kappa shape index (κ3) is 1.86. The lowest BCUT2D eigenvalue weighted by atomic mass is 10.2. The minimum absolute atomic E-state index is 0.232. The van der Waals surface area contributed by atoms with Crippen LogP contribution >= 0.6 is 11.3 Å². The topological polar surface area (TPSA) is 58.9 Å². The second-order valence-electron chi connectivity index (χ2n) is 4.78. The van der Waals surface area contributed by atoms with Gasteiger partial charge in [-0.1, -0.05) is 12.1 Å². The molecule has 0 amide bonds. The fourth-order valence-electron chi connectivity index (χ4n) is 2.38. The van der Waals surface area contributed by atoms with Crippen LogP contribution in [0.15, 0.2) is 42.6 Å². The van der Waals surface area contributed by atoms with Crippen LogP contribution in [0.5, 0.6) is 5.75 Å². The van der Waals surface area contributed by atoms with E-state index >= 15 is 0 Å². The van der Waals surface area contributed by atoms with Crippen LogP contribution in [0, 0.1) is 6.92 Å². The zero-order valence-corrected chi connectivity index (χ0v) is 12.1. The molecule has 0 aliphatic heterocycles. The van der Waals surface area contributed by atoms with Crippen molar-refractivity contribution in [2.45, 2.75) is 6.92 Å². The molecule has 0 aliphatic carbocycles. The Balaban J connectivity index is 2.03. The number of nitrogens with zero attached hydrogens (tertiary/aromatic N) is 3. The fourth-order valence-corrected chi connectivity index (χ4v) is 3.46. The van der Waals surface area contributed by atoms with Gasteiger partial charge in [0.15, 0.2) is 0 Å². The highest BCUT2D eigenvalue weighted by Gasteiger charge is 2.17. The summed E-state index contributed by atoms with van der Waals surface area (Å²) in [6.45, 7) is 1.91. The Morgan fingerprint density at radius 2 is 1.76 bits per heavy atom. The molecular formula is C16H11N3OS. The molecule has 0 bridgehead atoms. The zero-order chi connectivity index (χ0) is 14.4. The average Bonchev–Trinajstić information content (AvgIpc) is 2.84. The van der Waals surface area contributed by atoms with Crippen molar-refractivity contribution in [1.82, 2.24) is 15.0 Å². The molecule has 0 atom stereocenters. The van der Waals surface area contributed by atoms with Crippen molar-refractivity contribution in [1.29, 1.82) is 0 Å². The molecule has 0 aliphatic rings. The van der Waals surface area contributed by atoms with Gasteiger partial charge in [-0.2, -0.15) is 0 Å². The van der Waals surface area contributed by atoms with E-state index in [1.54, 1.807) is 6.20 Å². The van der Waals surface area contributed by atoms with Crippen molar-refractivity contribution in [3.63, 3.8) is 0 Å². The van der Waals surface area contributed by atoms with Crippen LogP contribution in [0.4, 0.5) is 0 Å². The highest BCUT2D eigenvalue weighted by molar-refractivity contribution is 7.22. The van der Waals surface area contributed by atoms with Crippen molar-refractivity contribution in [2.75, 3.05) is 0 Å². The molecule has 0 spiro atoms. The average molecular weight is 293 g/mol. The van der Waals surface area contributed by atoms with Crippen LogP contribution in [-0.4, -0.2) is 20.1 Å². The maximum atomic E-state index is 10.4. The van der Waals surface area contributed by atoms with Gasteiger partial charge in [0.25, 0.3) is 0 Å². The predicted octanol–water partition coefficient (Wildman–Crippen LogP) is 3.92. The van der Waals surface area contributed by atoms with Crippen LogP contribution in [0.1, 0.15) is 5.69 Å². The van der Waals surface area contributed by atoms with Gasteiger partial charge < -0.3 is 5.11 Å². The molecule has 4 rings (SSSR count). The fraction of sp³-hybridized carbons (Fsp3) is 0.0625. The molecule has 0 fully saturated rings.